The molecule has 0 saturated heterocycles. The van der Waals surface area contributed by atoms with Gasteiger partial charge < -0.3 is 19.6 Å². The van der Waals surface area contributed by atoms with Crippen molar-refractivity contribution in [2.45, 2.75) is 19.4 Å². The second-order valence-corrected chi connectivity index (χ2v) is 9.85. The van der Waals surface area contributed by atoms with Gasteiger partial charge in [-0.05, 0) is 26.0 Å². The molecule has 0 radical (unpaired) electrons. The number of hydrogen-bond donors (Lipinski definition) is 1. The van der Waals surface area contributed by atoms with Gasteiger partial charge >= 0.3 is 5.97 Å². The van der Waals surface area contributed by atoms with E-state index in [9.17, 15) is 24.5 Å². The van der Waals surface area contributed by atoms with E-state index in [0.717, 1.165) is 15.8 Å². The number of imide groups is 1. The lowest BCUT2D eigenvalue weighted by Gasteiger charge is -2.20. The van der Waals surface area contributed by atoms with E-state index in [0.29, 0.717) is 22.0 Å². The first-order valence-corrected chi connectivity index (χ1v) is 11.7. The first kappa shape index (κ1) is 24.9. The Hall–Kier alpha value is -4.77. The Labute approximate surface area is 216 Å². The summed E-state index contributed by atoms with van der Waals surface area (Å²) in [6.07, 6.45) is 3.44. The van der Waals surface area contributed by atoms with Gasteiger partial charge in [-0.15, -0.1) is 0 Å². The molecule has 2 aromatic heterocycles. The Morgan fingerprint density at radius 1 is 0.947 bits per heavy atom. The molecule has 0 atom stereocenters. The summed E-state index contributed by atoms with van der Waals surface area (Å²) in [4.78, 5) is 51.7. The standard InChI is InChI=1S/C27H25N5O6/c1-27(2,28)26(35)38-14-31-24(33)22(18-12-29(3)20-8-6-5-7-16(18)20)23(25(31)34)19-13-30(4)21-11-15(32(36)37)9-10-17(19)21/h5-13H,14,28H2,1-4H3. The van der Waals surface area contributed by atoms with Crippen LogP contribution in [0.2, 0.25) is 0 Å². The van der Waals surface area contributed by atoms with Crippen LogP contribution in [0.1, 0.15) is 25.0 Å². The molecule has 11 heteroatoms. The summed E-state index contributed by atoms with van der Waals surface area (Å²) in [7, 11) is 3.55. The highest BCUT2D eigenvalue weighted by Crippen LogP contribution is 2.42. The number of ether oxygens (including phenoxy) is 1. The van der Waals surface area contributed by atoms with Gasteiger partial charge in [-0.2, -0.15) is 0 Å². The van der Waals surface area contributed by atoms with Crippen LogP contribution in [0, 0.1) is 10.1 Å². The number of amides is 2. The van der Waals surface area contributed by atoms with Gasteiger partial charge in [0.15, 0.2) is 6.73 Å². The van der Waals surface area contributed by atoms with E-state index in [1.165, 1.54) is 26.0 Å². The van der Waals surface area contributed by atoms with E-state index >= 15 is 0 Å². The molecule has 5 rings (SSSR count). The minimum Gasteiger partial charge on any atom is -0.442 e. The van der Waals surface area contributed by atoms with Crippen LogP contribution in [0.5, 0.6) is 0 Å². The van der Waals surface area contributed by atoms with Gasteiger partial charge in [0, 0.05) is 66.0 Å². The number of aromatic nitrogens is 2. The Bertz CT molecular complexity index is 1720. The molecular weight excluding hydrogens is 490 g/mol. The van der Waals surface area contributed by atoms with Crippen LogP contribution in [0.3, 0.4) is 0 Å². The molecular formula is C27H25N5O6. The van der Waals surface area contributed by atoms with Gasteiger partial charge in [-0.3, -0.25) is 24.5 Å². The molecule has 0 saturated carbocycles. The second-order valence-electron chi connectivity index (χ2n) is 9.85. The average molecular weight is 516 g/mol. The lowest BCUT2D eigenvalue weighted by atomic mass is 9.95. The predicted octanol–water partition coefficient (Wildman–Crippen LogP) is 3.10. The summed E-state index contributed by atoms with van der Waals surface area (Å²) in [5.41, 5.74) is 7.03. The minimum absolute atomic E-state index is 0.0970. The molecule has 194 valence electrons. The van der Waals surface area contributed by atoms with Crippen molar-refractivity contribution in [3.05, 3.63) is 76.1 Å². The number of nitrogens with zero attached hydrogens (tertiary/aromatic N) is 4. The van der Waals surface area contributed by atoms with E-state index in [4.69, 9.17) is 10.5 Å². The maximum absolute atomic E-state index is 13.8. The number of nitro groups is 1. The van der Waals surface area contributed by atoms with Crippen molar-refractivity contribution in [2.75, 3.05) is 6.73 Å². The average Bonchev–Trinajstić information content (AvgIpc) is 3.45. The largest absolute Gasteiger partial charge is 0.442 e. The SMILES string of the molecule is Cn1cc(C2=C(c3cn(C)c4cc([N+](=O)[O-])ccc34)C(=O)N(COC(=O)C(C)(C)N)C2=O)c2ccccc21. The molecule has 4 aromatic rings. The zero-order chi connectivity index (χ0) is 27.5. The first-order chi connectivity index (χ1) is 17.9. The van der Waals surface area contributed by atoms with Crippen molar-refractivity contribution in [1.82, 2.24) is 14.0 Å². The highest BCUT2D eigenvalue weighted by Gasteiger charge is 2.42. The number of fused-ring (bicyclic) bond motifs is 2. The van der Waals surface area contributed by atoms with Gasteiger partial charge in [-0.25, -0.2) is 4.90 Å². The number of benzene rings is 2. The molecule has 2 aromatic carbocycles. The van der Waals surface area contributed by atoms with Crippen molar-refractivity contribution in [1.29, 1.82) is 0 Å². The number of nitrogens with two attached hydrogens (primary N) is 1. The Morgan fingerprint density at radius 3 is 2.08 bits per heavy atom. The Morgan fingerprint density at radius 2 is 1.50 bits per heavy atom. The number of aryl methyl sites for hydroxylation is 2. The number of nitro benzene ring substituents is 1. The van der Waals surface area contributed by atoms with Crippen LogP contribution in [-0.4, -0.2) is 49.0 Å². The third-order valence-corrected chi connectivity index (χ3v) is 6.64. The molecule has 1 aliphatic rings. The van der Waals surface area contributed by atoms with Gasteiger partial charge in [-0.1, -0.05) is 18.2 Å². The zero-order valence-electron chi connectivity index (χ0n) is 21.2. The molecule has 2 N–H and O–H groups in total. The quantitative estimate of drug-likeness (QED) is 0.180. The molecule has 0 spiro atoms. The summed E-state index contributed by atoms with van der Waals surface area (Å²) in [6, 6.07) is 11.8. The van der Waals surface area contributed by atoms with Crippen molar-refractivity contribution in [2.24, 2.45) is 19.8 Å². The van der Waals surface area contributed by atoms with Crippen LogP contribution in [0.4, 0.5) is 5.69 Å². The molecule has 1 aliphatic heterocycles. The smallest absolute Gasteiger partial charge is 0.327 e. The number of esters is 1. The maximum atomic E-state index is 13.8. The topological polar surface area (TPSA) is 143 Å². The summed E-state index contributed by atoms with van der Waals surface area (Å²) in [5, 5.41) is 12.7. The lowest BCUT2D eigenvalue weighted by molar-refractivity contribution is -0.384. The molecule has 0 unspecified atom stereocenters. The zero-order valence-corrected chi connectivity index (χ0v) is 21.2. The van der Waals surface area contributed by atoms with Gasteiger partial charge in [0.1, 0.15) is 5.54 Å². The van der Waals surface area contributed by atoms with Crippen LogP contribution in [0.15, 0.2) is 54.9 Å². The molecule has 11 nitrogen and oxygen atoms in total. The highest BCUT2D eigenvalue weighted by molar-refractivity contribution is 6.50. The van der Waals surface area contributed by atoms with Gasteiger partial charge in [0.2, 0.25) is 0 Å². The van der Waals surface area contributed by atoms with E-state index < -0.39 is 35.0 Å². The molecule has 0 fully saturated rings. The van der Waals surface area contributed by atoms with Crippen molar-refractivity contribution in [3.8, 4) is 0 Å². The third-order valence-electron chi connectivity index (χ3n) is 6.64. The normalized spacial score (nSPS) is 14.3. The fourth-order valence-corrected chi connectivity index (χ4v) is 4.73. The summed E-state index contributed by atoms with van der Waals surface area (Å²) >= 11 is 0. The van der Waals surface area contributed by atoms with Crippen molar-refractivity contribution in [3.63, 3.8) is 0 Å². The molecule has 38 heavy (non-hydrogen) atoms. The Kier molecular flexibility index (Phi) is 5.68. The summed E-state index contributed by atoms with van der Waals surface area (Å²) in [6.45, 7) is 2.32. The van der Waals surface area contributed by atoms with E-state index in [-0.39, 0.29) is 16.8 Å². The Balaban J connectivity index is 1.72. The fourth-order valence-electron chi connectivity index (χ4n) is 4.73. The number of carbonyl (C=O) groups is 3. The van der Waals surface area contributed by atoms with E-state index in [1.807, 2.05) is 35.9 Å². The molecule has 0 bridgehead atoms. The third kappa shape index (κ3) is 3.84. The van der Waals surface area contributed by atoms with Gasteiger partial charge in [0.25, 0.3) is 17.5 Å². The second kappa shape index (κ2) is 8.67. The highest BCUT2D eigenvalue weighted by atomic mass is 16.6. The number of rotatable bonds is 6. The van der Waals surface area contributed by atoms with Crippen LogP contribution in [-0.2, 0) is 33.2 Å². The monoisotopic (exact) mass is 515 g/mol. The van der Waals surface area contributed by atoms with Crippen LogP contribution >= 0.6 is 0 Å². The number of non-ortho nitro benzene ring substituents is 1. The number of carbonyl (C=O) groups excluding carboxylic acids is 3. The minimum atomic E-state index is -1.31. The van der Waals surface area contributed by atoms with Crippen molar-refractivity contribution >= 4 is 56.4 Å². The number of para-hydroxylation sites is 1. The van der Waals surface area contributed by atoms with Crippen molar-refractivity contribution < 1.29 is 24.0 Å². The molecule has 3 heterocycles. The molecule has 0 aliphatic carbocycles. The van der Waals surface area contributed by atoms with E-state index in [1.54, 1.807) is 30.1 Å². The van der Waals surface area contributed by atoms with Crippen LogP contribution < -0.4 is 5.73 Å². The maximum Gasteiger partial charge on any atom is 0.327 e. The number of hydrogen-bond acceptors (Lipinski definition) is 7. The van der Waals surface area contributed by atoms with Gasteiger partial charge in [0.05, 0.1) is 21.6 Å². The first-order valence-electron chi connectivity index (χ1n) is 11.7. The lowest BCUT2D eigenvalue weighted by Crippen LogP contribution is -2.45. The molecule has 2 amide bonds. The van der Waals surface area contributed by atoms with E-state index in [2.05, 4.69) is 0 Å². The fraction of sp³-hybridized carbons (Fsp3) is 0.222. The predicted molar refractivity (Wildman–Crippen MR) is 140 cm³/mol. The summed E-state index contributed by atoms with van der Waals surface area (Å²) in [5.74, 6) is -2.04. The summed E-state index contributed by atoms with van der Waals surface area (Å²) < 4.78 is 8.77. The van der Waals surface area contributed by atoms with Crippen LogP contribution in [0.25, 0.3) is 33.0 Å².